The maximum atomic E-state index is 12.3. The first-order valence-electron chi connectivity index (χ1n) is 10.1. The van der Waals surface area contributed by atoms with Gasteiger partial charge in [0.15, 0.2) is 0 Å². The van der Waals surface area contributed by atoms with E-state index < -0.39 is 0 Å². The molecule has 0 radical (unpaired) electrons. The molecule has 0 aliphatic carbocycles. The monoisotopic (exact) mass is 385 g/mol. The fourth-order valence-electron chi connectivity index (χ4n) is 4.62. The minimum Gasteiger partial charge on any atom is -0.507 e. The first-order chi connectivity index (χ1) is 12.7. The minimum atomic E-state index is -0.338. The van der Waals surface area contributed by atoms with Crippen LogP contribution in [0.25, 0.3) is 0 Å². The van der Waals surface area contributed by atoms with Gasteiger partial charge >= 0.3 is 0 Å². The quantitative estimate of drug-likeness (QED) is 0.647. The van der Waals surface area contributed by atoms with Crippen LogP contribution in [0.2, 0.25) is 0 Å². The minimum absolute atomic E-state index is 0.0614. The molecule has 28 heavy (non-hydrogen) atoms. The predicted molar refractivity (Wildman–Crippen MR) is 115 cm³/mol. The van der Waals surface area contributed by atoms with E-state index in [-0.39, 0.29) is 33.8 Å². The van der Waals surface area contributed by atoms with Gasteiger partial charge in [0.05, 0.1) is 5.69 Å². The second kappa shape index (κ2) is 7.38. The summed E-state index contributed by atoms with van der Waals surface area (Å²) < 4.78 is 0. The number of hydrogen-bond acceptors (Lipinski definition) is 3. The predicted octanol–water partition coefficient (Wildman–Crippen LogP) is 5.61. The molecule has 0 saturated heterocycles. The Labute approximate surface area is 169 Å². The topological polar surface area (TPSA) is 57.6 Å². The van der Waals surface area contributed by atoms with Crippen molar-refractivity contribution in [3.05, 3.63) is 35.4 Å². The van der Waals surface area contributed by atoms with Crippen LogP contribution < -0.4 is 4.90 Å². The Kier molecular flexibility index (Phi) is 5.85. The fourth-order valence-corrected chi connectivity index (χ4v) is 4.62. The van der Waals surface area contributed by atoms with Gasteiger partial charge < -0.3 is 5.11 Å². The van der Waals surface area contributed by atoms with Crippen molar-refractivity contribution in [2.24, 2.45) is 5.41 Å². The number of hydrogen-bond donors (Lipinski definition) is 1. The SMILES string of the molecule is CCCC(C)(C)c1cc(N2C(=O)C=CC2=O)cc(C(C)(C)CC(C)(C)C)c1O. The Hall–Kier alpha value is -2.10. The molecule has 0 unspecified atom stereocenters. The highest BCUT2D eigenvalue weighted by Crippen LogP contribution is 2.47. The third kappa shape index (κ3) is 4.48. The van der Waals surface area contributed by atoms with Crippen molar-refractivity contribution in [2.75, 3.05) is 4.90 Å². The van der Waals surface area contributed by atoms with Gasteiger partial charge in [-0.05, 0) is 41.2 Å². The second-order valence-corrected chi connectivity index (χ2v) is 10.5. The summed E-state index contributed by atoms with van der Waals surface area (Å²) in [6.07, 6.45) is 5.31. The summed E-state index contributed by atoms with van der Waals surface area (Å²) in [5.74, 6) is -0.396. The Morgan fingerprint density at radius 3 is 1.75 bits per heavy atom. The van der Waals surface area contributed by atoms with Crippen LogP contribution in [0.3, 0.4) is 0 Å². The number of aromatic hydroxyl groups is 1. The van der Waals surface area contributed by atoms with Crippen LogP contribution >= 0.6 is 0 Å². The lowest BCUT2D eigenvalue weighted by molar-refractivity contribution is -0.119. The van der Waals surface area contributed by atoms with Gasteiger partial charge in [-0.1, -0.05) is 61.8 Å². The van der Waals surface area contributed by atoms with Crippen LogP contribution in [-0.2, 0) is 20.4 Å². The molecule has 154 valence electrons. The molecule has 1 aliphatic rings. The number of carbonyl (C=O) groups excluding carboxylic acids is 2. The molecule has 0 bridgehead atoms. The van der Waals surface area contributed by atoms with Gasteiger partial charge in [0.25, 0.3) is 11.8 Å². The van der Waals surface area contributed by atoms with E-state index >= 15 is 0 Å². The summed E-state index contributed by atoms with van der Waals surface area (Å²) in [5.41, 5.74) is 1.57. The average Bonchev–Trinajstić information content (AvgIpc) is 2.84. The number of carbonyl (C=O) groups is 2. The van der Waals surface area contributed by atoms with Crippen molar-refractivity contribution in [2.45, 2.75) is 85.5 Å². The normalized spacial score (nSPS) is 15.6. The van der Waals surface area contributed by atoms with Gasteiger partial charge in [0.2, 0.25) is 0 Å². The molecule has 1 aromatic carbocycles. The van der Waals surface area contributed by atoms with Crippen molar-refractivity contribution in [3.63, 3.8) is 0 Å². The van der Waals surface area contributed by atoms with Gasteiger partial charge in [-0.15, -0.1) is 0 Å². The zero-order chi connectivity index (χ0) is 21.5. The zero-order valence-corrected chi connectivity index (χ0v) is 18.6. The maximum Gasteiger partial charge on any atom is 0.258 e. The number of rotatable bonds is 6. The number of nitrogens with zero attached hydrogens (tertiary/aromatic N) is 1. The molecular weight excluding hydrogens is 350 g/mol. The average molecular weight is 386 g/mol. The van der Waals surface area contributed by atoms with Gasteiger partial charge in [0, 0.05) is 23.3 Å². The molecular formula is C24H35NO3. The van der Waals surface area contributed by atoms with Crippen LogP contribution in [0, 0.1) is 5.41 Å². The zero-order valence-electron chi connectivity index (χ0n) is 18.6. The summed E-state index contributed by atoms with van der Waals surface area (Å²) in [5, 5.41) is 11.3. The smallest absolute Gasteiger partial charge is 0.258 e. The number of imide groups is 1. The molecule has 0 atom stereocenters. The van der Waals surface area contributed by atoms with Crippen molar-refractivity contribution in [3.8, 4) is 5.75 Å². The van der Waals surface area contributed by atoms with Gasteiger partial charge in [-0.2, -0.15) is 0 Å². The van der Waals surface area contributed by atoms with Crippen molar-refractivity contribution in [1.29, 1.82) is 0 Å². The molecule has 1 N–H and O–H groups in total. The molecule has 1 heterocycles. The fraction of sp³-hybridized carbons (Fsp3) is 0.583. The lowest BCUT2D eigenvalue weighted by atomic mass is 9.70. The van der Waals surface area contributed by atoms with Crippen LogP contribution in [-0.4, -0.2) is 16.9 Å². The first kappa shape index (κ1) is 22.2. The summed E-state index contributed by atoms with van der Waals surface area (Å²) in [6.45, 7) is 17.1. The highest BCUT2D eigenvalue weighted by molar-refractivity contribution is 6.28. The standard InChI is InChI=1S/C24H35NO3/c1-9-12-23(5,6)17-13-16(25-19(26)10-11-20(25)27)14-18(21(17)28)24(7,8)15-22(2,3)4/h10-11,13-14,28H,9,12,15H2,1-8H3. The van der Waals surface area contributed by atoms with E-state index in [4.69, 9.17) is 0 Å². The largest absolute Gasteiger partial charge is 0.507 e. The molecule has 2 amide bonds. The van der Waals surface area contributed by atoms with Crippen LogP contribution in [0.4, 0.5) is 5.69 Å². The third-order valence-corrected chi connectivity index (χ3v) is 5.47. The van der Waals surface area contributed by atoms with E-state index in [0.717, 1.165) is 30.4 Å². The maximum absolute atomic E-state index is 12.3. The third-order valence-electron chi connectivity index (χ3n) is 5.47. The molecule has 0 fully saturated rings. The lowest BCUT2D eigenvalue weighted by Crippen LogP contribution is -2.32. The Balaban J connectivity index is 2.72. The Morgan fingerprint density at radius 2 is 1.32 bits per heavy atom. The number of benzene rings is 1. The second-order valence-electron chi connectivity index (χ2n) is 10.5. The first-order valence-corrected chi connectivity index (χ1v) is 10.1. The van der Waals surface area contributed by atoms with E-state index in [2.05, 4.69) is 55.4 Å². The number of amides is 2. The van der Waals surface area contributed by atoms with Gasteiger partial charge in [-0.25, -0.2) is 4.90 Å². The van der Waals surface area contributed by atoms with E-state index in [1.165, 1.54) is 17.1 Å². The van der Waals surface area contributed by atoms with E-state index in [1.807, 2.05) is 12.1 Å². The van der Waals surface area contributed by atoms with Gasteiger partial charge in [0.1, 0.15) is 5.75 Å². The summed E-state index contributed by atoms with van der Waals surface area (Å²) in [4.78, 5) is 25.8. The Morgan fingerprint density at radius 1 is 0.857 bits per heavy atom. The van der Waals surface area contributed by atoms with E-state index in [1.54, 1.807) is 0 Å². The number of phenolic OH excluding ortho intramolecular Hbond substituents is 1. The van der Waals surface area contributed by atoms with Crippen LogP contribution in [0.5, 0.6) is 5.75 Å². The molecule has 4 heteroatoms. The molecule has 0 aromatic heterocycles. The molecule has 0 spiro atoms. The van der Waals surface area contributed by atoms with E-state index in [0.29, 0.717) is 5.69 Å². The highest BCUT2D eigenvalue weighted by Gasteiger charge is 2.36. The van der Waals surface area contributed by atoms with Crippen LogP contribution in [0.1, 0.15) is 85.8 Å². The molecule has 4 nitrogen and oxygen atoms in total. The summed E-state index contributed by atoms with van der Waals surface area (Å²) in [6, 6.07) is 3.62. The number of phenols is 1. The van der Waals surface area contributed by atoms with Crippen LogP contribution in [0.15, 0.2) is 24.3 Å². The lowest BCUT2D eigenvalue weighted by Gasteiger charge is -2.36. The summed E-state index contributed by atoms with van der Waals surface area (Å²) >= 11 is 0. The highest BCUT2D eigenvalue weighted by atomic mass is 16.3. The van der Waals surface area contributed by atoms with E-state index in [9.17, 15) is 14.7 Å². The van der Waals surface area contributed by atoms with Crippen molar-refractivity contribution < 1.29 is 14.7 Å². The Bertz CT molecular complexity index is 792. The van der Waals surface area contributed by atoms with Crippen molar-refractivity contribution in [1.82, 2.24) is 0 Å². The summed E-state index contributed by atoms with van der Waals surface area (Å²) in [7, 11) is 0. The molecule has 1 aromatic rings. The van der Waals surface area contributed by atoms with Gasteiger partial charge in [-0.3, -0.25) is 9.59 Å². The van der Waals surface area contributed by atoms with Crippen molar-refractivity contribution >= 4 is 17.5 Å². The molecule has 2 rings (SSSR count). The molecule has 1 aliphatic heterocycles. The number of anilines is 1. The molecule has 0 saturated carbocycles.